The van der Waals surface area contributed by atoms with E-state index in [1.165, 1.54) is 24.0 Å². The molecule has 0 amide bonds. The topological polar surface area (TPSA) is 99.1 Å². The Morgan fingerprint density at radius 1 is 1.22 bits per heavy atom. The van der Waals surface area contributed by atoms with Crippen LogP contribution in [-0.2, 0) is 0 Å². The number of nitro groups is 1. The molecule has 0 aliphatic carbocycles. The number of pyridine rings is 1. The zero-order chi connectivity index (χ0) is 16.7. The SMILES string of the molecule is Cc1cc([N+](=O)[O-])cnc1Sc1nc2nc(C)c(C)c(C)n2n1. The van der Waals surface area contributed by atoms with Gasteiger partial charge in [-0.05, 0) is 50.6 Å². The van der Waals surface area contributed by atoms with Crippen LogP contribution in [0.1, 0.15) is 22.5 Å². The first-order valence-electron chi connectivity index (χ1n) is 6.86. The fourth-order valence-corrected chi connectivity index (χ4v) is 2.87. The van der Waals surface area contributed by atoms with Crippen molar-refractivity contribution >= 4 is 23.2 Å². The first-order valence-corrected chi connectivity index (χ1v) is 7.68. The Bertz CT molecular complexity index is 937. The fourth-order valence-electron chi connectivity index (χ4n) is 2.12. The Balaban J connectivity index is 1.99. The van der Waals surface area contributed by atoms with Crippen molar-refractivity contribution in [3.05, 3.63) is 44.9 Å². The van der Waals surface area contributed by atoms with E-state index in [1.807, 2.05) is 20.8 Å². The molecule has 0 saturated heterocycles. The molecule has 0 aliphatic rings. The Morgan fingerprint density at radius 3 is 2.61 bits per heavy atom. The van der Waals surface area contributed by atoms with Gasteiger partial charge in [0.1, 0.15) is 11.2 Å². The maximum absolute atomic E-state index is 10.8. The number of aromatic nitrogens is 5. The van der Waals surface area contributed by atoms with Crippen molar-refractivity contribution < 1.29 is 4.92 Å². The zero-order valence-corrected chi connectivity index (χ0v) is 13.9. The Kier molecular flexibility index (Phi) is 3.72. The summed E-state index contributed by atoms with van der Waals surface area (Å²) >= 11 is 1.26. The third kappa shape index (κ3) is 2.74. The molecule has 0 fully saturated rings. The van der Waals surface area contributed by atoms with Gasteiger partial charge in [-0.25, -0.2) is 14.5 Å². The van der Waals surface area contributed by atoms with Crippen molar-refractivity contribution in [2.24, 2.45) is 0 Å². The summed E-state index contributed by atoms with van der Waals surface area (Å²) in [5.41, 5.74) is 3.66. The summed E-state index contributed by atoms with van der Waals surface area (Å²) < 4.78 is 1.70. The molecule has 0 aromatic carbocycles. The van der Waals surface area contributed by atoms with Crippen LogP contribution in [0.2, 0.25) is 0 Å². The average molecular weight is 330 g/mol. The predicted octanol–water partition coefficient (Wildman–Crippen LogP) is 2.81. The number of hydrogen-bond acceptors (Lipinski definition) is 7. The van der Waals surface area contributed by atoms with Gasteiger partial charge in [-0.3, -0.25) is 10.1 Å². The van der Waals surface area contributed by atoms with E-state index in [0.717, 1.165) is 17.0 Å². The lowest BCUT2D eigenvalue weighted by molar-refractivity contribution is -0.385. The monoisotopic (exact) mass is 330 g/mol. The summed E-state index contributed by atoms with van der Waals surface area (Å²) in [7, 11) is 0. The third-order valence-corrected chi connectivity index (χ3v) is 4.63. The Labute approximate surface area is 136 Å². The highest BCUT2D eigenvalue weighted by atomic mass is 32.2. The molecule has 0 atom stereocenters. The van der Waals surface area contributed by atoms with Gasteiger partial charge in [-0.15, -0.1) is 5.10 Å². The molecule has 0 N–H and O–H groups in total. The molecule has 0 saturated carbocycles. The van der Waals surface area contributed by atoms with Crippen LogP contribution in [0.3, 0.4) is 0 Å². The highest BCUT2D eigenvalue weighted by Crippen LogP contribution is 2.28. The molecule has 118 valence electrons. The predicted molar refractivity (Wildman–Crippen MR) is 84.7 cm³/mol. The fraction of sp³-hybridized carbons (Fsp3) is 0.286. The summed E-state index contributed by atoms with van der Waals surface area (Å²) in [4.78, 5) is 23.3. The summed E-state index contributed by atoms with van der Waals surface area (Å²) in [6.45, 7) is 7.67. The number of fused-ring (bicyclic) bond motifs is 1. The van der Waals surface area contributed by atoms with Crippen LogP contribution in [-0.4, -0.2) is 29.5 Å². The van der Waals surface area contributed by atoms with Crippen molar-refractivity contribution in [1.82, 2.24) is 24.6 Å². The highest BCUT2D eigenvalue weighted by molar-refractivity contribution is 7.99. The van der Waals surface area contributed by atoms with Gasteiger partial charge < -0.3 is 0 Å². The number of nitrogens with zero attached hydrogens (tertiary/aromatic N) is 6. The van der Waals surface area contributed by atoms with E-state index in [9.17, 15) is 10.1 Å². The van der Waals surface area contributed by atoms with Gasteiger partial charge in [-0.2, -0.15) is 4.98 Å². The molecule has 3 aromatic heterocycles. The molecule has 0 aliphatic heterocycles. The second kappa shape index (κ2) is 5.58. The van der Waals surface area contributed by atoms with E-state index in [4.69, 9.17) is 0 Å². The average Bonchev–Trinajstić information content (AvgIpc) is 2.89. The van der Waals surface area contributed by atoms with E-state index in [2.05, 4.69) is 20.1 Å². The second-order valence-electron chi connectivity index (χ2n) is 5.19. The third-order valence-electron chi connectivity index (χ3n) is 3.66. The van der Waals surface area contributed by atoms with Crippen LogP contribution < -0.4 is 0 Å². The minimum Gasteiger partial charge on any atom is -0.258 e. The molecule has 0 unspecified atom stereocenters. The van der Waals surface area contributed by atoms with Gasteiger partial charge in [0, 0.05) is 17.5 Å². The van der Waals surface area contributed by atoms with Gasteiger partial charge in [-0.1, -0.05) is 0 Å². The maximum atomic E-state index is 10.8. The van der Waals surface area contributed by atoms with E-state index < -0.39 is 4.92 Å². The lowest BCUT2D eigenvalue weighted by Crippen LogP contribution is -2.02. The molecule has 23 heavy (non-hydrogen) atoms. The first-order chi connectivity index (χ1) is 10.9. The quantitative estimate of drug-likeness (QED) is 0.537. The van der Waals surface area contributed by atoms with Gasteiger partial charge in [0.15, 0.2) is 0 Å². The number of hydrogen-bond donors (Lipinski definition) is 0. The molecule has 8 nitrogen and oxygen atoms in total. The molecular weight excluding hydrogens is 316 g/mol. The highest BCUT2D eigenvalue weighted by Gasteiger charge is 2.15. The standard InChI is InChI=1S/C14H14N6O2S/c1-7-5-11(20(21)22)6-15-12(7)23-14-17-13-16-9(3)8(2)10(4)19(13)18-14/h5-6H,1-4H3. The van der Waals surface area contributed by atoms with E-state index >= 15 is 0 Å². The summed E-state index contributed by atoms with van der Waals surface area (Å²) in [6.07, 6.45) is 1.24. The zero-order valence-electron chi connectivity index (χ0n) is 13.1. The summed E-state index contributed by atoms with van der Waals surface area (Å²) in [5, 5.41) is 16.4. The van der Waals surface area contributed by atoms with Gasteiger partial charge in [0.05, 0.1) is 4.92 Å². The molecule has 0 radical (unpaired) electrons. The van der Waals surface area contributed by atoms with Crippen molar-refractivity contribution in [2.45, 2.75) is 37.9 Å². The second-order valence-corrected chi connectivity index (χ2v) is 6.14. The summed E-state index contributed by atoms with van der Waals surface area (Å²) in [6, 6.07) is 1.49. The minimum atomic E-state index is -0.462. The lowest BCUT2D eigenvalue weighted by Gasteiger charge is -2.04. The van der Waals surface area contributed by atoms with E-state index in [0.29, 0.717) is 21.5 Å². The van der Waals surface area contributed by atoms with Crippen molar-refractivity contribution in [3.63, 3.8) is 0 Å². The molecule has 0 spiro atoms. The molecule has 3 heterocycles. The molecule has 3 aromatic rings. The van der Waals surface area contributed by atoms with Crippen LogP contribution in [0.4, 0.5) is 5.69 Å². The van der Waals surface area contributed by atoms with Crippen molar-refractivity contribution in [2.75, 3.05) is 0 Å². The number of rotatable bonds is 3. The molecule has 3 rings (SSSR count). The van der Waals surface area contributed by atoms with Crippen molar-refractivity contribution in [1.29, 1.82) is 0 Å². The van der Waals surface area contributed by atoms with Crippen LogP contribution in [0.25, 0.3) is 5.78 Å². The van der Waals surface area contributed by atoms with E-state index in [-0.39, 0.29) is 5.69 Å². The maximum Gasteiger partial charge on any atom is 0.287 e. The molecule has 9 heteroatoms. The van der Waals surface area contributed by atoms with Crippen LogP contribution in [0.15, 0.2) is 22.4 Å². The Hall–Kier alpha value is -2.55. The Morgan fingerprint density at radius 2 is 1.96 bits per heavy atom. The normalized spacial score (nSPS) is 11.1. The summed E-state index contributed by atoms with van der Waals surface area (Å²) in [5.74, 6) is 0.535. The largest absolute Gasteiger partial charge is 0.287 e. The van der Waals surface area contributed by atoms with E-state index in [1.54, 1.807) is 11.4 Å². The first kappa shape index (κ1) is 15.3. The van der Waals surface area contributed by atoms with Crippen molar-refractivity contribution in [3.8, 4) is 0 Å². The van der Waals surface area contributed by atoms with Gasteiger partial charge in [0.25, 0.3) is 11.5 Å². The number of aryl methyl sites for hydroxylation is 3. The van der Waals surface area contributed by atoms with Gasteiger partial charge >= 0.3 is 0 Å². The molecular formula is C14H14N6O2S. The van der Waals surface area contributed by atoms with Crippen LogP contribution in [0, 0.1) is 37.8 Å². The lowest BCUT2D eigenvalue weighted by atomic mass is 10.2. The van der Waals surface area contributed by atoms with Crippen LogP contribution >= 0.6 is 11.8 Å². The van der Waals surface area contributed by atoms with Crippen LogP contribution in [0.5, 0.6) is 0 Å². The smallest absolute Gasteiger partial charge is 0.258 e. The minimum absolute atomic E-state index is 0.0291. The molecule has 0 bridgehead atoms. The van der Waals surface area contributed by atoms with Gasteiger partial charge in [0.2, 0.25) is 5.16 Å².